The highest BCUT2D eigenvalue weighted by Crippen LogP contribution is 2.26. The van der Waals surface area contributed by atoms with E-state index in [1.54, 1.807) is 14.1 Å². The lowest BCUT2D eigenvalue weighted by molar-refractivity contribution is 0.172. The van der Waals surface area contributed by atoms with Crippen LogP contribution in [-0.2, 0) is 6.42 Å². The molecule has 0 N–H and O–H groups in total. The van der Waals surface area contributed by atoms with Gasteiger partial charge in [0.1, 0.15) is 5.75 Å². The van der Waals surface area contributed by atoms with E-state index in [0.717, 1.165) is 19.3 Å². The highest BCUT2D eigenvalue weighted by Gasteiger charge is 2.10. The van der Waals surface area contributed by atoms with Gasteiger partial charge < -0.3 is 14.5 Å². The van der Waals surface area contributed by atoms with Crippen molar-refractivity contribution in [2.45, 2.75) is 26.2 Å². The summed E-state index contributed by atoms with van der Waals surface area (Å²) in [5, 5.41) is 0. The number of unbranched alkanes of at least 4 members (excludes halogenated alkanes) is 1. The van der Waals surface area contributed by atoms with Gasteiger partial charge in [0.2, 0.25) is 0 Å². The van der Waals surface area contributed by atoms with Crippen LogP contribution in [0.4, 0.5) is 10.5 Å². The number of aryl methyl sites for hydroxylation is 1. The largest absolute Gasteiger partial charge is 0.414 e. The van der Waals surface area contributed by atoms with Crippen molar-refractivity contribution < 1.29 is 9.53 Å². The van der Waals surface area contributed by atoms with E-state index < -0.39 is 0 Å². The molecule has 0 atom stereocenters. The van der Waals surface area contributed by atoms with E-state index in [2.05, 4.69) is 11.8 Å². The number of rotatable bonds is 5. The zero-order chi connectivity index (χ0) is 14.4. The molecule has 4 nitrogen and oxygen atoms in total. The molecule has 0 spiro atoms. The van der Waals surface area contributed by atoms with Crippen LogP contribution in [0.15, 0.2) is 18.2 Å². The molecule has 0 fully saturated rings. The van der Waals surface area contributed by atoms with Crippen LogP contribution in [0.1, 0.15) is 25.3 Å². The summed E-state index contributed by atoms with van der Waals surface area (Å²) in [6, 6.07) is 5.81. The second-order valence-corrected chi connectivity index (χ2v) is 5.05. The Hall–Kier alpha value is -1.71. The average Bonchev–Trinajstić information content (AvgIpc) is 2.35. The second kappa shape index (κ2) is 7.02. The fraction of sp³-hybridized carbons (Fsp3) is 0.533. The Morgan fingerprint density at radius 3 is 2.42 bits per heavy atom. The van der Waals surface area contributed by atoms with Gasteiger partial charge in [0.05, 0.1) is 0 Å². The fourth-order valence-electron chi connectivity index (χ4n) is 1.82. The summed E-state index contributed by atoms with van der Waals surface area (Å²) in [6.07, 6.45) is 2.93. The van der Waals surface area contributed by atoms with Crippen molar-refractivity contribution in [3.8, 4) is 5.75 Å². The minimum atomic E-state index is -0.348. The Labute approximate surface area is 116 Å². The topological polar surface area (TPSA) is 32.8 Å². The predicted octanol–water partition coefficient (Wildman–Crippen LogP) is 3.16. The Bertz CT molecular complexity index is 428. The van der Waals surface area contributed by atoms with E-state index in [1.165, 1.54) is 16.2 Å². The van der Waals surface area contributed by atoms with Gasteiger partial charge in [-0.15, -0.1) is 0 Å². The molecular weight excluding hydrogens is 240 g/mol. The molecule has 0 aromatic heterocycles. The molecule has 0 radical (unpaired) electrons. The van der Waals surface area contributed by atoms with Crippen LogP contribution in [0.5, 0.6) is 5.75 Å². The zero-order valence-electron chi connectivity index (χ0n) is 12.6. The maximum atomic E-state index is 11.5. The maximum absolute atomic E-state index is 11.5. The Balaban J connectivity index is 2.93. The molecule has 0 aliphatic heterocycles. The van der Waals surface area contributed by atoms with Crippen molar-refractivity contribution in [3.05, 3.63) is 23.8 Å². The van der Waals surface area contributed by atoms with E-state index in [9.17, 15) is 4.79 Å². The van der Waals surface area contributed by atoms with Crippen molar-refractivity contribution in [2.24, 2.45) is 0 Å². The van der Waals surface area contributed by atoms with E-state index in [1.807, 2.05) is 32.3 Å². The molecular formula is C15H24N2O2. The van der Waals surface area contributed by atoms with Crippen molar-refractivity contribution in [2.75, 3.05) is 33.1 Å². The molecule has 0 saturated carbocycles. The molecule has 0 unspecified atom stereocenters. The number of benzene rings is 1. The van der Waals surface area contributed by atoms with E-state index in [0.29, 0.717) is 5.75 Å². The van der Waals surface area contributed by atoms with Crippen LogP contribution < -0.4 is 9.64 Å². The van der Waals surface area contributed by atoms with Gasteiger partial charge in [0.15, 0.2) is 0 Å². The van der Waals surface area contributed by atoms with E-state index in [4.69, 9.17) is 4.74 Å². The smallest absolute Gasteiger partial charge is 0.410 e. The molecule has 1 rings (SSSR count). The normalized spacial score (nSPS) is 10.2. The Morgan fingerprint density at radius 1 is 1.21 bits per heavy atom. The third kappa shape index (κ3) is 4.47. The second-order valence-electron chi connectivity index (χ2n) is 5.05. The molecule has 0 aliphatic carbocycles. The first kappa shape index (κ1) is 15.3. The molecule has 0 heterocycles. The van der Waals surface area contributed by atoms with Crippen LogP contribution in [0.25, 0.3) is 0 Å². The summed E-state index contributed by atoms with van der Waals surface area (Å²) < 4.78 is 5.30. The quantitative estimate of drug-likeness (QED) is 0.819. The number of anilines is 1. The molecule has 1 aromatic carbocycles. The number of hydrogen-bond acceptors (Lipinski definition) is 3. The summed E-state index contributed by atoms with van der Waals surface area (Å²) >= 11 is 0. The Kier molecular flexibility index (Phi) is 5.67. The molecule has 0 saturated heterocycles. The summed E-state index contributed by atoms with van der Waals surface area (Å²) in [6.45, 7) is 2.17. The molecule has 0 bridgehead atoms. The number of ether oxygens (including phenoxy) is 1. The molecule has 4 heteroatoms. The first-order valence-corrected chi connectivity index (χ1v) is 6.65. The zero-order valence-corrected chi connectivity index (χ0v) is 12.6. The summed E-state index contributed by atoms with van der Waals surface area (Å²) in [5.41, 5.74) is 2.40. The van der Waals surface area contributed by atoms with Gasteiger partial charge in [-0.25, -0.2) is 4.79 Å². The third-order valence-corrected chi connectivity index (χ3v) is 2.90. The van der Waals surface area contributed by atoms with Crippen molar-refractivity contribution in [1.29, 1.82) is 0 Å². The number of carbonyl (C=O) groups excluding carboxylic acids is 1. The number of carbonyl (C=O) groups is 1. The van der Waals surface area contributed by atoms with Crippen molar-refractivity contribution in [3.63, 3.8) is 0 Å². The van der Waals surface area contributed by atoms with Crippen LogP contribution in [0.2, 0.25) is 0 Å². The number of nitrogens with zero attached hydrogens (tertiary/aromatic N) is 2. The summed E-state index contributed by atoms with van der Waals surface area (Å²) in [5.74, 6) is 0.607. The van der Waals surface area contributed by atoms with Gasteiger partial charge in [0, 0.05) is 33.9 Å². The highest BCUT2D eigenvalue weighted by atomic mass is 16.6. The molecule has 106 valence electrons. The first-order valence-electron chi connectivity index (χ1n) is 6.65. The predicted molar refractivity (Wildman–Crippen MR) is 79.1 cm³/mol. The first-order chi connectivity index (χ1) is 8.95. The monoisotopic (exact) mass is 264 g/mol. The third-order valence-electron chi connectivity index (χ3n) is 2.90. The van der Waals surface area contributed by atoms with Gasteiger partial charge in [-0.3, -0.25) is 0 Å². The lowest BCUT2D eigenvalue weighted by Gasteiger charge is -2.19. The van der Waals surface area contributed by atoms with Crippen LogP contribution in [0, 0.1) is 0 Å². The molecule has 19 heavy (non-hydrogen) atoms. The van der Waals surface area contributed by atoms with E-state index in [-0.39, 0.29) is 6.09 Å². The number of amides is 1. The lowest BCUT2D eigenvalue weighted by Crippen LogP contribution is -2.25. The Morgan fingerprint density at radius 2 is 1.89 bits per heavy atom. The fourth-order valence-corrected chi connectivity index (χ4v) is 1.82. The maximum Gasteiger partial charge on any atom is 0.414 e. The van der Waals surface area contributed by atoms with Crippen LogP contribution in [0.3, 0.4) is 0 Å². The van der Waals surface area contributed by atoms with E-state index >= 15 is 0 Å². The molecule has 0 aliphatic rings. The molecule has 1 amide bonds. The molecule has 1 aromatic rings. The summed E-state index contributed by atoms with van der Waals surface area (Å²) in [4.78, 5) is 15.1. The minimum Gasteiger partial charge on any atom is -0.410 e. The highest BCUT2D eigenvalue weighted by molar-refractivity contribution is 5.70. The average molecular weight is 264 g/mol. The van der Waals surface area contributed by atoms with Gasteiger partial charge in [-0.1, -0.05) is 13.3 Å². The lowest BCUT2D eigenvalue weighted by atomic mass is 10.1. The number of hydrogen-bond donors (Lipinski definition) is 0. The van der Waals surface area contributed by atoms with Gasteiger partial charge in [-0.05, 0) is 36.6 Å². The SMILES string of the molecule is CCCCc1cc(OC(=O)N(C)C)ccc1N(C)C. The van der Waals surface area contributed by atoms with Gasteiger partial charge in [0.25, 0.3) is 0 Å². The van der Waals surface area contributed by atoms with Crippen molar-refractivity contribution >= 4 is 11.8 Å². The van der Waals surface area contributed by atoms with Gasteiger partial charge in [-0.2, -0.15) is 0 Å². The van der Waals surface area contributed by atoms with Crippen LogP contribution >= 0.6 is 0 Å². The minimum absolute atomic E-state index is 0.348. The van der Waals surface area contributed by atoms with Crippen molar-refractivity contribution in [1.82, 2.24) is 4.90 Å². The van der Waals surface area contributed by atoms with Crippen LogP contribution in [-0.4, -0.2) is 39.2 Å². The van der Waals surface area contributed by atoms with Gasteiger partial charge >= 0.3 is 6.09 Å². The summed E-state index contributed by atoms with van der Waals surface area (Å²) in [7, 11) is 7.40. The standard InChI is InChI=1S/C15H24N2O2/c1-6-7-8-12-11-13(19-15(18)17(4)5)9-10-14(12)16(2)3/h9-11H,6-8H2,1-5H3.